The van der Waals surface area contributed by atoms with Crippen LogP contribution in [0.1, 0.15) is 20.3 Å². The van der Waals surface area contributed by atoms with Crippen LogP contribution in [0.3, 0.4) is 0 Å². The Morgan fingerprint density at radius 2 is 2.22 bits per heavy atom. The number of nitrogens with zero attached hydrogens (tertiary/aromatic N) is 1. The number of nitrogen functional groups attached to an aromatic ring is 1. The van der Waals surface area contributed by atoms with Crippen molar-refractivity contribution in [2.75, 3.05) is 24.7 Å². The molecule has 0 saturated heterocycles. The Morgan fingerprint density at radius 3 is 2.89 bits per heavy atom. The van der Waals surface area contributed by atoms with Gasteiger partial charge in [-0.15, -0.1) is 0 Å². The first-order valence-corrected chi connectivity index (χ1v) is 6.83. The van der Waals surface area contributed by atoms with E-state index in [4.69, 9.17) is 15.2 Å². The number of hydrogen-bond acceptors (Lipinski definition) is 6. The Kier molecular flexibility index (Phi) is 6.35. The quantitative estimate of drug-likeness (QED) is 0.604. The molecule has 0 spiro atoms. The van der Waals surface area contributed by atoms with Gasteiger partial charge in [-0.25, -0.2) is 4.98 Å². The summed E-state index contributed by atoms with van der Waals surface area (Å²) in [4.78, 5) is 15.5. The molecule has 0 bridgehead atoms. The van der Waals surface area contributed by atoms with E-state index in [0.717, 1.165) is 6.42 Å². The van der Waals surface area contributed by atoms with Gasteiger partial charge in [0.05, 0.1) is 24.7 Å². The molecule has 2 N–H and O–H groups in total. The molecule has 0 amide bonds. The van der Waals surface area contributed by atoms with E-state index in [-0.39, 0.29) is 11.7 Å². The zero-order chi connectivity index (χ0) is 13.4. The first-order chi connectivity index (χ1) is 8.67. The van der Waals surface area contributed by atoms with Crippen LogP contribution in [0.5, 0.6) is 5.88 Å². The minimum absolute atomic E-state index is 0.234. The first-order valence-electron chi connectivity index (χ1n) is 5.85. The number of pyridine rings is 1. The summed E-state index contributed by atoms with van der Waals surface area (Å²) in [5, 5.41) is 0.698. The minimum atomic E-state index is -0.253. The molecule has 0 aliphatic rings. The summed E-state index contributed by atoms with van der Waals surface area (Å²) in [6.45, 7) is 4.75. The van der Waals surface area contributed by atoms with Crippen LogP contribution in [-0.2, 0) is 9.53 Å². The van der Waals surface area contributed by atoms with Crippen LogP contribution in [0.15, 0.2) is 17.2 Å². The van der Waals surface area contributed by atoms with E-state index >= 15 is 0 Å². The van der Waals surface area contributed by atoms with Crippen LogP contribution < -0.4 is 10.5 Å². The summed E-state index contributed by atoms with van der Waals surface area (Å²) in [6, 6.07) is 3.49. The van der Waals surface area contributed by atoms with E-state index < -0.39 is 0 Å². The Bertz CT molecular complexity index is 399. The van der Waals surface area contributed by atoms with Crippen molar-refractivity contribution in [3.8, 4) is 5.88 Å². The van der Waals surface area contributed by atoms with E-state index in [1.54, 1.807) is 19.1 Å². The largest absolute Gasteiger partial charge is 0.476 e. The van der Waals surface area contributed by atoms with Gasteiger partial charge in [0, 0.05) is 0 Å². The SMILES string of the molecule is CCCOc1nc(SCC(=O)OCC)ccc1N. The Morgan fingerprint density at radius 1 is 1.44 bits per heavy atom. The third-order valence-corrected chi connectivity index (χ3v) is 2.85. The van der Waals surface area contributed by atoms with Crippen molar-refractivity contribution >= 4 is 23.4 Å². The Balaban J connectivity index is 2.58. The monoisotopic (exact) mass is 270 g/mol. The number of nitrogens with two attached hydrogens (primary N) is 1. The van der Waals surface area contributed by atoms with Crippen molar-refractivity contribution in [2.24, 2.45) is 0 Å². The summed E-state index contributed by atoms with van der Waals surface area (Å²) >= 11 is 1.30. The standard InChI is InChI=1S/C12H18N2O3S/c1-3-7-17-12-9(13)5-6-10(14-12)18-8-11(15)16-4-2/h5-6H,3-4,7-8,13H2,1-2H3. The number of thioether (sulfide) groups is 1. The normalized spacial score (nSPS) is 10.1. The lowest BCUT2D eigenvalue weighted by molar-refractivity contribution is -0.139. The van der Waals surface area contributed by atoms with Gasteiger partial charge in [0.15, 0.2) is 0 Å². The van der Waals surface area contributed by atoms with Crippen molar-refractivity contribution in [1.29, 1.82) is 0 Å². The third kappa shape index (κ3) is 4.83. The van der Waals surface area contributed by atoms with Gasteiger partial charge in [0.1, 0.15) is 5.03 Å². The molecular formula is C12H18N2O3S. The molecule has 0 atom stereocenters. The zero-order valence-electron chi connectivity index (χ0n) is 10.6. The van der Waals surface area contributed by atoms with Gasteiger partial charge in [-0.1, -0.05) is 18.7 Å². The summed E-state index contributed by atoms with van der Waals surface area (Å²) in [6.07, 6.45) is 0.890. The Hall–Kier alpha value is -1.43. The first kappa shape index (κ1) is 14.6. The predicted octanol–water partition coefficient (Wildman–Crippen LogP) is 2.11. The third-order valence-electron chi connectivity index (χ3n) is 1.95. The van der Waals surface area contributed by atoms with E-state index in [0.29, 0.717) is 29.8 Å². The van der Waals surface area contributed by atoms with Crippen molar-refractivity contribution in [1.82, 2.24) is 4.98 Å². The second-order valence-corrected chi connectivity index (χ2v) is 4.48. The van der Waals surface area contributed by atoms with Gasteiger partial charge in [-0.05, 0) is 25.5 Å². The van der Waals surface area contributed by atoms with Gasteiger partial charge >= 0.3 is 5.97 Å². The molecule has 0 fully saturated rings. The molecule has 0 unspecified atom stereocenters. The molecule has 0 aliphatic heterocycles. The number of rotatable bonds is 7. The molecular weight excluding hydrogens is 252 g/mol. The maximum Gasteiger partial charge on any atom is 0.316 e. The fourth-order valence-electron chi connectivity index (χ4n) is 1.16. The van der Waals surface area contributed by atoms with Gasteiger partial charge in [-0.3, -0.25) is 4.79 Å². The van der Waals surface area contributed by atoms with E-state index in [2.05, 4.69) is 4.98 Å². The highest BCUT2D eigenvalue weighted by atomic mass is 32.2. The van der Waals surface area contributed by atoms with Crippen LogP contribution in [0, 0.1) is 0 Å². The highest BCUT2D eigenvalue weighted by molar-refractivity contribution is 7.99. The highest BCUT2D eigenvalue weighted by Gasteiger charge is 2.07. The lowest BCUT2D eigenvalue weighted by atomic mass is 10.4. The van der Waals surface area contributed by atoms with Gasteiger partial charge in [0.25, 0.3) is 0 Å². The maximum atomic E-state index is 11.2. The molecule has 0 aliphatic carbocycles. The molecule has 100 valence electrons. The molecule has 0 saturated carbocycles. The molecule has 0 radical (unpaired) electrons. The molecule has 6 heteroatoms. The molecule has 1 aromatic rings. The maximum absolute atomic E-state index is 11.2. The molecule has 18 heavy (non-hydrogen) atoms. The minimum Gasteiger partial charge on any atom is -0.476 e. The smallest absolute Gasteiger partial charge is 0.316 e. The molecule has 1 heterocycles. The Labute approximate surface area is 111 Å². The number of hydrogen-bond donors (Lipinski definition) is 1. The van der Waals surface area contributed by atoms with Crippen LogP contribution in [0.25, 0.3) is 0 Å². The summed E-state index contributed by atoms with van der Waals surface area (Å²) in [7, 11) is 0. The summed E-state index contributed by atoms with van der Waals surface area (Å²) in [5.74, 6) is 0.403. The topological polar surface area (TPSA) is 74.4 Å². The van der Waals surface area contributed by atoms with E-state index in [9.17, 15) is 4.79 Å². The molecule has 1 rings (SSSR count). The average molecular weight is 270 g/mol. The second kappa shape index (κ2) is 7.81. The number of ether oxygens (including phenoxy) is 2. The van der Waals surface area contributed by atoms with Crippen LogP contribution >= 0.6 is 11.8 Å². The van der Waals surface area contributed by atoms with Crippen molar-refractivity contribution in [3.63, 3.8) is 0 Å². The van der Waals surface area contributed by atoms with Gasteiger partial charge in [-0.2, -0.15) is 0 Å². The van der Waals surface area contributed by atoms with Crippen molar-refractivity contribution < 1.29 is 14.3 Å². The summed E-state index contributed by atoms with van der Waals surface area (Å²) < 4.78 is 10.3. The lowest BCUT2D eigenvalue weighted by Gasteiger charge is -2.08. The number of esters is 1. The van der Waals surface area contributed by atoms with Crippen LogP contribution in [-0.4, -0.2) is 29.9 Å². The predicted molar refractivity (Wildman–Crippen MR) is 71.8 cm³/mol. The molecule has 0 aromatic carbocycles. The summed E-state index contributed by atoms with van der Waals surface area (Å²) in [5.41, 5.74) is 6.25. The fourth-order valence-corrected chi connectivity index (χ4v) is 1.83. The van der Waals surface area contributed by atoms with Gasteiger partial charge < -0.3 is 15.2 Å². The average Bonchev–Trinajstić information content (AvgIpc) is 2.36. The number of aromatic nitrogens is 1. The van der Waals surface area contributed by atoms with Crippen molar-refractivity contribution in [2.45, 2.75) is 25.3 Å². The van der Waals surface area contributed by atoms with Crippen LogP contribution in [0.4, 0.5) is 5.69 Å². The van der Waals surface area contributed by atoms with Crippen molar-refractivity contribution in [3.05, 3.63) is 12.1 Å². The molecule has 1 aromatic heterocycles. The zero-order valence-corrected chi connectivity index (χ0v) is 11.5. The number of carbonyl (C=O) groups excluding carboxylic acids is 1. The fraction of sp³-hybridized carbons (Fsp3) is 0.500. The highest BCUT2D eigenvalue weighted by Crippen LogP contribution is 2.24. The van der Waals surface area contributed by atoms with Gasteiger partial charge in [0.2, 0.25) is 5.88 Å². The van der Waals surface area contributed by atoms with Crippen LogP contribution in [0.2, 0.25) is 0 Å². The lowest BCUT2D eigenvalue weighted by Crippen LogP contribution is -2.07. The van der Waals surface area contributed by atoms with E-state index in [1.807, 2.05) is 6.92 Å². The number of anilines is 1. The number of carbonyl (C=O) groups is 1. The molecule has 5 nitrogen and oxygen atoms in total. The van der Waals surface area contributed by atoms with E-state index in [1.165, 1.54) is 11.8 Å². The second-order valence-electron chi connectivity index (χ2n) is 3.49.